The molecular formula is C17H29NO3. The number of para-hydroxylation sites is 1. The number of hydrogen-bond acceptors (Lipinski definition) is 4. The summed E-state index contributed by atoms with van der Waals surface area (Å²) in [7, 11) is 5.69. The summed E-state index contributed by atoms with van der Waals surface area (Å²) in [6.45, 7) is 5.24. The Morgan fingerprint density at radius 1 is 1.14 bits per heavy atom. The van der Waals surface area contributed by atoms with E-state index in [1.807, 2.05) is 38.4 Å². The summed E-state index contributed by atoms with van der Waals surface area (Å²) in [5.41, 5.74) is 0.548. The SMILES string of the molecule is CCC(CC)(C(O)c1ccccc1OCCOC)N(C)C. The van der Waals surface area contributed by atoms with E-state index in [4.69, 9.17) is 9.47 Å². The minimum Gasteiger partial charge on any atom is -0.491 e. The fourth-order valence-corrected chi connectivity index (χ4v) is 2.88. The zero-order chi connectivity index (χ0) is 15.9. The van der Waals surface area contributed by atoms with Crippen LogP contribution in [0, 0.1) is 0 Å². The fraction of sp³-hybridized carbons (Fsp3) is 0.647. The van der Waals surface area contributed by atoms with Gasteiger partial charge < -0.3 is 19.5 Å². The molecule has 0 bridgehead atoms. The lowest BCUT2D eigenvalue weighted by Crippen LogP contribution is -2.48. The van der Waals surface area contributed by atoms with Crippen LogP contribution in [0.2, 0.25) is 0 Å². The molecule has 4 heteroatoms. The van der Waals surface area contributed by atoms with Gasteiger partial charge in [0.25, 0.3) is 0 Å². The van der Waals surface area contributed by atoms with Crippen LogP contribution < -0.4 is 4.74 Å². The van der Waals surface area contributed by atoms with Gasteiger partial charge in [-0.2, -0.15) is 0 Å². The molecule has 1 atom stereocenters. The van der Waals surface area contributed by atoms with Crippen LogP contribution in [0.4, 0.5) is 0 Å². The van der Waals surface area contributed by atoms with Crippen LogP contribution in [0.1, 0.15) is 38.4 Å². The lowest BCUT2D eigenvalue weighted by atomic mass is 9.81. The van der Waals surface area contributed by atoms with E-state index in [2.05, 4.69) is 18.7 Å². The zero-order valence-corrected chi connectivity index (χ0v) is 13.9. The van der Waals surface area contributed by atoms with Crippen LogP contribution in [-0.4, -0.2) is 50.0 Å². The third-order valence-electron chi connectivity index (χ3n) is 4.38. The molecular weight excluding hydrogens is 266 g/mol. The fourth-order valence-electron chi connectivity index (χ4n) is 2.88. The number of ether oxygens (including phenoxy) is 2. The number of aliphatic hydroxyl groups is 1. The van der Waals surface area contributed by atoms with E-state index in [0.29, 0.717) is 13.2 Å². The van der Waals surface area contributed by atoms with Gasteiger partial charge in [0.1, 0.15) is 18.5 Å². The highest BCUT2D eigenvalue weighted by Crippen LogP contribution is 2.39. The first-order chi connectivity index (χ1) is 10.0. The van der Waals surface area contributed by atoms with E-state index in [-0.39, 0.29) is 5.54 Å². The minimum atomic E-state index is -0.596. The summed E-state index contributed by atoms with van der Waals surface area (Å²) in [5.74, 6) is 0.732. The van der Waals surface area contributed by atoms with E-state index in [1.165, 1.54) is 0 Å². The Balaban J connectivity index is 3.07. The van der Waals surface area contributed by atoms with Crippen LogP contribution in [0.3, 0.4) is 0 Å². The Morgan fingerprint density at radius 2 is 1.76 bits per heavy atom. The molecule has 0 amide bonds. The second-order valence-corrected chi connectivity index (χ2v) is 5.49. The van der Waals surface area contributed by atoms with E-state index in [0.717, 1.165) is 24.2 Å². The van der Waals surface area contributed by atoms with Crippen molar-refractivity contribution in [3.05, 3.63) is 29.8 Å². The molecule has 21 heavy (non-hydrogen) atoms. The van der Waals surface area contributed by atoms with Crippen molar-refractivity contribution in [1.29, 1.82) is 0 Å². The topological polar surface area (TPSA) is 41.9 Å². The van der Waals surface area contributed by atoms with Crippen molar-refractivity contribution in [3.8, 4) is 5.75 Å². The maximum atomic E-state index is 11.0. The predicted molar refractivity (Wildman–Crippen MR) is 85.8 cm³/mol. The van der Waals surface area contributed by atoms with Gasteiger partial charge in [0.05, 0.1) is 12.1 Å². The lowest BCUT2D eigenvalue weighted by Gasteiger charge is -2.43. The van der Waals surface area contributed by atoms with Crippen molar-refractivity contribution in [1.82, 2.24) is 4.90 Å². The molecule has 120 valence electrons. The van der Waals surface area contributed by atoms with Gasteiger partial charge in [-0.3, -0.25) is 0 Å². The quantitative estimate of drug-likeness (QED) is 0.711. The number of hydrogen-bond donors (Lipinski definition) is 1. The van der Waals surface area contributed by atoms with E-state index in [1.54, 1.807) is 7.11 Å². The molecule has 0 aliphatic rings. The summed E-state index contributed by atoms with van der Waals surface area (Å²) in [6, 6.07) is 7.71. The van der Waals surface area contributed by atoms with Crippen molar-refractivity contribution >= 4 is 0 Å². The van der Waals surface area contributed by atoms with Crippen LogP contribution in [0.25, 0.3) is 0 Å². The van der Waals surface area contributed by atoms with Crippen LogP contribution in [0.5, 0.6) is 5.75 Å². The molecule has 0 spiro atoms. The molecule has 0 aliphatic heterocycles. The van der Waals surface area contributed by atoms with Crippen molar-refractivity contribution in [3.63, 3.8) is 0 Å². The molecule has 1 unspecified atom stereocenters. The van der Waals surface area contributed by atoms with E-state index >= 15 is 0 Å². The predicted octanol–water partition coefficient (Wildman–Crippen LogP) is 2.87. The second kappa shape index (κ2) is 8.37. The smallest absolute Gasteiger partial charge is 0.125 e. The highest BCUT2D eigenvalue weighted by atomic mass is 16.5. The van der Waals surface area contributed by atoms with Crippen molar-refractivity contribution in [2.45, 2.75) is 38.3 Å². The molecule has 1 aromatic carbocycles. The van der Waals surface area contributed by atoms with Crippen molar-refractivity contribution < 1.29 is 14.6 Å². The van der Waals surface area contributed by atoms with Gasteiger partial charge in [-0.25, -0.2) is 0 Å². The normalized spacial score (nSPS) is 13.5. The average molecular weight is 295 g/mol. The number of nitrogens with zero attached hydrogens (tertiary/aromatic N) is 1. The first kappa shape index (κ1) is 18.0. The third-order valence-corrected chi connectivity index (χ3v) is 4.38. The summed E-state index contributed by atoms with van der Waals surface area (Å²) in [6.07, 6.45) is 1.13. The highest BCUT2D eigenvalue weighted by molar-refractivity contribution is 5.37. The van der Waals surface area contributed by atoms with Gasteiger partial charge in [0.2, 0.25) is 0 Å². The molecule has 0 radical (unpaired) electrons. The summed E-state index contributed by atoms with van der Waals surface area (Å²) in [4.78, 5) is 2.11. The number of methoxy groups -OCH3 is 1. The molecule has 0 heterocycles. The number of rotatable bonds is 9. The minimum absolute atomic E-state index is 0.291. The molecule has 0 aliphatic carbocycles. The van der Waals surface area contributed by atoms with Gasteiger partial charge in [0.15, 0.2) is 0 Å². The van der Waals surface area contributed by atoms with E-state index in [9.17, 15) is 5.11 Å². The first-order valence-corrected chi connectivity index (χ1v) is 7.59. The van der Waals surface area contributed by atoms with Crippen molar-refractivity contribution in [2.24, 2.45) is 0 Å². The molecule has 1 aromatic rings. The van der Waals surface area contributed by atoms with Gasteiger partial charge in [-0.05, 0) is 33.0 Å². The number of aliphatic hydroxyl groups excluding tert-OH is 1. The van der Waals surface area contributed by atoms with Crippen molar-refractivity contribution in [2.75, 3.05) is 34.4 Å². The monoisotopic (exact) mass is 295 g/mol. The molecule has 1 N–H and O–H groups in total. The van der Waals surface area contributed by atoms with Gasteiger partial charge >= 0.3 is 0 Å². The Kier molecular flexibility index (Phi) is 7.15. The van der Waals surface area contributed by atoms with Gasteiger partial charge in [-0.15, -0.1) is 0 Å². The standard InChI is InChI=1S/C17H29NO3/c1-6-17(7-2,18(3)4)16(19)14-10-8-9-11-15(14)21-13-12-20-5/h8-11,16,19H,6-7,12-13H2,1-5H3. The van der Waals surface area contributed by atoms with Gasteiger partial charge in [0, 0.05) is 12.7 Å². The zero-order valence-electron chi connectivity index (χ0n) is 13.9. The van der Waals surface area contributed by atoms with Gasteiger partial charge in [-0.1, -0.05) is 32.0 Å². The number of likely N-dealkylation sites (N-methyl/N-ethyl adjacent to an activating group) is 1. The van der Waals surface area contributed by atoms with Crippen LogP contribution >= 0.6 is 0 Å². The summed E-state index contributed by atoms with van der Waals surface area (Å²) < 4.78 is 10.8. The first-order valence-electron chi connectivity index (χ1n) is 7.59. The third kappa shape index (κ3) is 3.96. The second-order valence-electron chi connectivity index (χ2n) is 5.49. The molecule has 0 fully saturated rings. The van der Waals surface area contributed by atoms with Crippen LogP contribution in [0.15, 0.2) is 24.3 Å². The Morgan fingerprint density at radius 3 is 2.29 bits per heavy atom. The Bertz CT molecular complexity index is 416. The molecule has 1 rings (SSSR count). The average Bonchev–Trinajstić information content (AvgIpc) is 2.49. The Hall–Kier alpha value is -1.10. The molecule has 0 saturated heterocycles. The lowest BCUT2D eigenvalue weighted by molar-refractivity contribution is -0.0165. The maximum absolute atomic E-state index is 11.0. The molecule has 4 nitrogen and oxygen atoms in total. The van der Waals surface area contributed by atoms with Crippen LogP contribution in [-0.2, 0) is 4.74 Å². The summed E-state index contributed by atoms with van der Waals surface area (Å²) in [5, 5.41) is 11.0. The largest absolute Gasteiger partial charge is 0.491 e. The summed E-state index contributed by atoms with van der Waals surface area (Å²) >= 11 is 0. The molecule has 0 saturated carbocycles. The Labute approximate surface area is 128 Å². The van der Waals surface area contributed by atoms with E-state index < -0.39 is 6.10 Å². The highest BCUT2D eigenvalue weighted by Gasteiger charge is 2.38. The molecule has 0 aromatic heterocycles. The maximum Gasteiger partial charge on any atom is 0.125 e. The number of benzene rings is 1.